The van der Waals surface area contributed by atoms with Crippen LogP contribution >= 0.6 is 0 Å². The lowest BCUT2D eigenvalue weighted by molar-refractivity contribution is -0.124. The number of hydrogen-bond acceptors (Lipinski definition) is 3. The van der Waals surface area contributed by atoms with Crippen LogP contribution in [0.25, 0.3) is 0 Å². The van der Waals surface area contributed by atoms with Gasteiger partial charge in [0.25, 0.3) is 0 Å². The van der Waals surface area contributed by atoms with Gasteiger partial charge in [0.15, 0.2) is 0 Å². The average molecular weight is 333 g/mol. The number of benzene rings is 1. The molecule has 24 heavy (non-hydrogen) atoms. The lowest BCUT2D eigenvalue weighted by Crippen LogP contribution is -2.53. The second kappa shape index (κ2) is 8.06. The number of amides is 2. The zero-order valence-corrected chi connectivity index (χ0v) is 14.0. The molecule has 5 nitrogen and oxygen atoms in total. The molecule has 6 heteroatoms. The van der Waals surface area contributed by atoms with Crippen LogP contribution in [0.3, 0.4) is 0 Å². The molecule has 1 aromatic rings. The summed E-state index contributed by atoms with van der Waals surface area (Å²) in [5.74, 6) is -0.507. The van der Waals surface area contributed by atoms with Crippen molar-refractivity contribution in [1.82, 2.24) is 15.5 Å². The van der Waals surface area contributed by atoms with Gasteiger partial charge in [-0.05, 0) is 30.5 Å². The Morgan fingerprint density at radius 2 is 2.08 bits per heavy atom. The van der Waals surface area contributed by atoms with E-state index in [0.29, 0.717) is 39.0 Å². The number of halogens is 1. The van der Waals surface area contributed by atoms with Crippen molar-refractivity contribution >= 4 is 11.8 Å². The summed E-state index contributed by atoms with van der Waals surface area (Å²) in [5, 5.41) is 5.75. The van der Waals surface area contributed by atoms with Crippen molar-refractivity contribution < 1.29 is 14.0 Å². The Balaban J connectivity index is 2.06. The second-order valence-corrected chi connectivity index (χ2v) is 6.14. The molecule has 1 aliphatic heterocycles. The lowest BCUT2D eigenvalue weighted by Gasteiger charge is -2.42. The average Bonchev–Trinajstić information content (AvgIpc) is 2.54. The maximum Gasteiger partial charge on any atom is 0.234 e. The molecule has 1 heterocycles. The molecule has 130 valence electrons. The molecule has 2 N–H and O–H groups in total. The predicted molar refractivity (Wildman–Crippen MR) is 90.8 cm³/mol. The van der Waals surface area contributed by atoms with Crippen molar-refractivity contribution in [3.63, 3.8) is 0 Å². The number of hydrogen-bond donors (Lipinski definition) is 2. The van der Waals surface area contributed by atoms with Crippen molar-refractivity contribution in [3.8, 4) is 0 Å². The minimum Gasteiger partial charge on any atom is -0.352 e. The first-order valence-electron chi connectivity index (χ1n) is 8.10. The Bertz CT molecular complexity index is 610. The van der Waals surface area contributed by atoms with E-state index in [1.165, 1.54) is 19.1 Å². The summed E-state index contributed by atoms with van der Waals surface area (Å²) in [4.78, 5) is 25.5. The van der Waals surface area contributed by atoms with Crippen molar-refractivity contribution in [2.75, 3.05) is 26.2 Å². The van der Waals surface area contributed by atoms with Gasteiger partial charge in [-0.15, -0.1) is 6.58 Å². The Kier molecular flexibility index (Phi) is 6.09. The number of carbonyl (C=O) groups excluding carboxylic acids is 2. The minimum absolute atomic E-state index is 0.0484. The molecule has 1 fully saturated rings. The van der Waals surface area contributed by atoms with E-state index >= 15 is 0 Å². The van der Waals surface area contributed by atoms with E-state index in [1.807, 2.05) is 11.0 Å². The van der Waals surface area contributed by atoms with E-state index in [2.05, 4.69) is 17.2 Å². The fourth-order valence-corrected chi connectivity index (χ4v) is 3.15. The topological polar surface area (TPSA) is 61.4 Å². The van der Waals surface area contributed by atoms with Crippen LogP contribution in [0.1, 0.15) is 25.3 Å². The van der Waals surface area contributed by atoms with Gasteiger partial charge in [-0.3, -0.25) is 14.5 Å². The maximum absolute atomic E-state index is 13.6. The van der Waals surface area contributed by atoms with Gasteiger partial charge in [-0.2, -0.15) is 0 Å². The van der Waals surface area contributed by atoms with Crippen LogP contribution in [0, 0.1) is 5.82 Å². The van der Waals surface area contributed by atoms with E-state index in [-0.39, 0.29) is 17.6 Å². The van der Waals surface area contributed by atoms with Gasteiger partial charge in [0.05, 0.1) is 12.1 Å². The molecule has 1 aliphatic rings. The molecule has 1 aromatic carbocycles. The highest BCUT2D eigenvalue weighted by molar-refractivity contribution is 5.78. The normalized spacial score (nSPS) is 17.1. The van der Waals surface area contributed by atoms with Crippen molar-refractivity contribution in [1.29, 1.82) is 0 Å². The highest BCUT2D eigenvalue weighted by Gasteiger charge is 2.37. The molecule has 0 aliphatic carbocycles. The van der Waals surface area contributed by atoms with E-state index in [4.69, 9.17) is 0 Å². The molecule has 1 saturated heterocycles. The molecule has 2 rings (SSSR count). The Morgan fingerprint density at radius 3 is 2.67 bits per heavy atom. The van der Waals surface area contributed by atoms with Gasteiger partial charge >= 0.3 is 0 Å². The van der Waals surface area contributed by atoms with Crippen LogP contribution in [0.2, 0.25) is 0 Å². The third kappa shape index (κ3) is 4.64. The fourth-order valence-electron chi connectivity index (χ4n) is 3.15. The van der Waals surface area contributed by atoms with Crippen LogP contribution < -0.4 is 10.6 Å². The Labute approximate surface area is 141 Å². The SMILES string of the molecule is C=CCNC(=O)CN1CCC(NC(C)=O)(c2cccc(F)c2)CC1. The summed E-state index contributed by atoms with van der Waals surface area (Å²) in [5.41, 5.74) is 0.190. The zero-order chi connectivity index (χ0) is 17.6. The molecule has 0 aromatic heterocycles. The maximum atomic E-state index is 13.6. The van der Waals surface area contributed by atoms with Crippen molar-refractivity contribution in [3.05, 3.63) is 48.3 Å². The number of piperidine rings is 1. The van der Waals surface area contributed by atoms with Gasteiger partial charge in [0, 0.05) is 26.6 Å². The van der Waals surface area contributed by atoms with Gasteiger partial charge in [-0.25, -0.2) is 4.39 Å². The molecular formula is C18H24FN3O2. The lowest BCUT2D eigenvalue weighted by atomic mass is 9.80. The van der Waals surface area contributed by atoms with Gasteiger partial charge in [-0.1, -0.05) is 18.2 Å². The van der Waals surface area contributed by atoms with Crippen molar-refractivity contribution in [2.45, 2.75) is 25.3 Å². The monoisotopic (exact) mass is 333 g/mol. The molecule has 0 spiro atoms. The molecule has 0 bridgehead atoms. The molecule has 0 unspecified atom stereocenters. The molecule has 0 atom stereocenters. The number of nitrogens with zero attached hydrogens (tertiary/aromatic N) is 1. The second-order valence-electron chi connectivity index (χ2n) is 6.14. The predicted octanol–water partition coefficient (Wildman–Crippen LogP) is 1.56. The highest BCUT2D eigenvalue weighted by Crippen LogP contribution is 2.33. The van der Waals surface area contributed by atoms with Crippen LogP contribution in [0.5, 0.6) is 0 Å². The number of rotatable bonds is 6. The summed E-state index contributed by atoms with van der Waals surface area (Å²) in [6, 6.07) is 6.36. The fraction of sp³-hybridized carbons (Fsp3) is 0.444. The number of likely N-dealkylation sites (tertiary alicyclic amines) is 1. The Morgan fingerprint density at radius 1 is 1.38 bits per heavy atom. The minimum atomic E-state index is -0.581. The number of carbonyl (C=O) groups is 2. The summed E-state index contributed by atoms with van der Waals surface area (Å²) < 4.78 is 13.6. The van der Waals surface area contributed by atoms with Gasteiger partial charge < -0.3 is 10.6 Å². The zero-order valence-electron chi connectivity index (χ0n) is 14.0. The largest absolute Gasteiger partial charge is 0.352 e. The summed E-state index contributed by atoms with van der Waals surface area (Å²) in [6.45, 7) is 7.10. The Hall–Kier alpha value is -2.21. The molecule has 0 radical (unpaired) electrons. The summed E-state index contributed by atoms with van der Waals surface area (Å²) in [7, 11) is 0. The van der Waals surface area contributed by atoms with E-state index in [9.17, 15) is 14.0 Å². The third-order valence-electron chi connectivity index (χ3n) is 4.31. The first-order valence-corrected chi connectivity index (χ1v) is 8.10. The highest BCUT2D eigenvalue weighted by atomic mass is 19.1. The standard InChI is InChI=1S/C18H24FN3O2/c1-3-9-20-17(24)13-22-10-7-18(8-11-22,21-14(2)23)15-5-4-6-16(19)12-15/h3-6,12H,1,7-11,13H2,2H3,(H,20,24)(H,21,23). The van der Waals surface area contributed by atoms with Crippen LogP contribution in [0.4, 0.5) is 4.39 Å². The number of nitrogens with one attached hydrogen (secondary N) is 2. The van der Waals surface area contributed by atoms with E-state index < -0.39 is 5.54 Å². The van der Waals surface area contributed by atoms with Gasteiger partial charge in [0.1, 0.15) is 5.82 Å². The van der Waals surface area contributed by atoms with Crippen LogP contribution in [-0.2, 0) is 15.1 Å². The molecule has 2 amide bonds. The van der Waals surface area contributed by atoms with E-state index in [0.717, 1.165) is 5.56 Å². The molecule has 0 saturated carbocycles. The third-order valence-corrected chi connectivity index (χ3v) is 4.31. The first kappa shape index (κ1) is 18.1. The summed E-state index contributed by atoms with van der Waals surface area (Å²) in [6.07, 6.45) is 2.90. The van der Waals surface area contributed by atoms with E-state index in [1.54, 1.807) is 12.1 Å². The summed E-state index contributed by atoms with van der Waals surface area (Å²) >= 11 is 0. The quantitative estimate of drug-likeness (QED) is 0.777. The van der Waals surface area contributed by atoms with Crippen LogP contribution in [0.15, 0.2) is 36.9 Å². The first-order chi connectivity index (χ1) is 11.4. The molecular weight excluding hydrogens is 309 g/mol. The smallest absolute Gasteiger partial charge is 0.234 e. The van der Waals surface area contributed by atoms with Crippen molar-refractivity contribution in [2.24, 2.45) is 0 Å². The van der Waals surface area contributed by atoms with Gasteiger partial charge in [0.2, 0.25) is 11.8 Å². The van der Waals surface area contributed by atoms with Crippen LogP contribution in [-0.4, -0.2) is 42.9 Å².